The molecule has 0 heterocycles. The summed E-state index contributed by atoms with van der Waals surface area (Å²) in [5.74, 6) is 3.44. The topological polar surface area (TPSA) is 20.3 Å². The van der Waals surface area contributed by atoms with Crippen LogP contribution in [0.3, 0.4) is 0 Å². The molecule has 106 valence electrons. The van der Waals surface area contributed by atoms with Crippen molar-refractivity contribution in [2.45, 2.75) is 52.4 Å². The van der Waals surface area contributed by atoms with Crippen molar-refractivity contribution >= 4 is 5.91 Å². The summed E-state index contributed by atoms with van der Waals surface area (Å²) in [5, 5.41) is 0. The van der Waals surface area contributed by atoms with E-state index in [1.807, 2.05) is 0 Å². The van der Waals surface area contributed by atoms with E-state index in [0.717, 1.165) is 43.7 Å². The molecule has 0 spiro atoms. The zero-order chi connectivity index (χ0) is 13.4. The van der Waals surface area contributed by atoms with Crippen molar-refractivity contribution < 1.29 is 4.79 Å². The maximum absolute atomic E-state index is 12.1. The normalized spacial score (nSPS) is 33.8. The number of hydrogen-bond acceptors (Lipinski definition) is 1. The quantitative estimate of drug-likeness (QED) is 0.692. The zero-order valence-electron chi connectivity index (χ0n) is 12.4. The van der Waals surface area contributed by atoms with Crippen molar-refractivity contribution in [2.24, 2.45) is 23.7 Å². The summed E-state index contributed by atoms with van der Waals surface area (Å²) in [6.45, 7) is 6.33. The first-order valence-electron chi connectivity index (χ1n) is 8.13. The Morgan fingerprint density at radius 3 is 2.74 bits per heavy atom. The molecule has 0 saturated heterocycles. The Balaban J connectivity index is 1.48. The molecule has 0 aromatic carbocycles. The fourth-order valence-electron chi connectivity index (χ4n) is 3.68. The molecule has 0 bridgehead atoms. The van der Waals surface area contributed by atoms with Gasteiger partial charge in [0.2, 0.25) is 5.91 Å². The third-order valence-electron chi connectivity index (χ3n) is 5.34. The van der Waals surface area contributed by atoms with E-state index in [1.54, 1.807) is 5.57 Å². The van der Waals surface area contributed by atoms with Crippen LogP contribution in [0.5, 0.6) is 0 Å². The Labute approximate surface area is 117 Å². The highest BCUT2D eigenvalue weighted by molar-refractivity contribution is 5.81. The smallest absolute Gasteiger partial charge is 0.225 e. The van der Waals surface area contributed by atoms with Gasteiger partial charge in [-0.05, 0) is 70.1 Å². The van der Waals surface area contributed by atoms with Crippen molar-refractivity contribution in [3.63, 3.8) is 0 Å². The zero-order valence-corrected chi connectivity index (χ0v) is 12.4. The summed E-state index contributed by atoms with van der Waals surface area (Å²) >= 11 is 0. The molecule has 3 atom stereocenters. The molecule has 19 heavy (non-hydrogen) atoms. The number of rotatable bonds is 5. The maximum Gasteiger partial charge on any atom is 0.225 e. The van der Waals surface area contributed by atoms with E-state index in [4.69, 9.17) is 0 Å². The van der Waals surface area contributed by atoms with Crippen LogP contribution in [0.1, 0.15) is 52.4 Å². The molecule has 2 saturated carbocycles. The van der Waals surface area contributed by atoms with E-state index >= 15 is 0 Å². The summed E-state index contributed by atoms with van der Waals surface area (Å²) in [4.78, 5) is 14.3. The average molecular weight is 261 g/mol. The van der Waals surface area contributed by atoms with Crippen LogP contribution < -0.4 is 0 Å². The van der Waals surface area contributed by atoms with Gasteiger partial charge in [0.25, 0.3) is 0 Å². The van der Waals surface area contributed by atoms with E-state index in [-0.39, 0.29) is 0 Å². The second-order valence-corrected chi connectivity index (χ2v) is 6.90. The van der Waals surface area contributed by atoms with Gasteiger partial charge >= 0.3 is 0 Å². The minimum atomic E-state index is 0.386. The van der Waals surface area contributed by atoms with Gasteiger partial charge in [-0.15, -0.1) is 0 Å². The second kappa shape index (κ2) is 5.30. The Morgan fingerprint density at radius 1 is 1.37 bits per heavy atom. The van der Waals surface area contributed by atoms with Crippen molar-refractivity contribution in [2.75, 3.05) is 13.1 Å². The van der Waals surface area contributed by atoms with Crippen LogP contribution in [0, 0.1) is 23.7 Å². The van der Waals surface area contributed by atoms with Gasteiger partial charge in [0.1, 0.15) is 0 Å². The SMILES string of the molecule is CCN(CC1CC1C1CC=C(C)CC1)C(=O)C1CC1. The first kappa shape index (κ1) is 13.2. The van der Waals surface area contributed by atoms with E-state index < -0.39 is 0 Å². The van der Waals surface area contributed by atoms with Gasteiger partial charge in [-0.25, -0.2) is 0 Å². The summed E-state index contributed by atoms with van der Waals surface area (Å²) in [6.07, 6.45) is 10.0. The number of carbonyl (C=O) groups excluding carboxylic acids is 1. The number of nitrogens with zero attached hydrogens (tertiary/aromatic N) is 1. The predicted molar refractivity (Wildman–Crippen MR) is 77.7 cm³/mol. The number of carbonyl (C=O) groups is 1. The Kier molecular flexibility index (Phi) is 3.68. The van der Waals surface area contributed by atoms with Gasteiger partial charge in [-0.3, -0.25) is 4.79 Å². The van der Waals surface area contributed by atoms with Crippen LogP contribution in [0.4, 0.5) is 0 Å². The van der Waals surface area contributed by atoms with Gasteiger partial charge in [0.05, 0.1) is 0 Å². The van der Waals surface area contributed by atoms with Crippen LogP contribution in [-0.4, -0.2) is 23.9 Å². The summed E-state index contributed by atoms with van der Waals surface area (Å²) in [7, 11) is 0. The van der Waals surface area contributed by atoms with Crippen LogP contribution in [0.2, 0.25) is 0 Å². The lowest BCUT2D eigenvalue weighted by molar-refractivity contribution is -0.132. The van der Waals surface area contributed by atoms with Crippen LogP contribution >= 0.6 is 0 Å². The lowest BCUT2D eigenvalue weighted by Crippen LogP contribution is -2.34. The molecule has 0 N–H and O–H groups in total. The lowest BCUT2D eigenvalue weighted by Gasteiger charge is -2.23. The van der Waals surface area contributed by atoms with Gasteiger partial charge in [0, 0.05) is 19.0 Å². The molecular formula is C17H27NO. The third kappa shape index (κ3) is 3.04. The molecule has 2 fully saturated rings. The molecule has 2 heteroatoms. The number of amides is 1. The van der Waals surface area contributed by atoms with Crippen molar-refractivity contribution in [3.05, 3.63) is 11.6 Å². The Bertz CT molecular complexity index is 383. The lowest BCUT2D eigenvalue weighted by atomic mass is 9.86. The molecule has 0 radical (unpaired) electrons. The van der Waals surface area contributed by atoms with Crippen LogP contribution in [-0.2, 0) is 4.79 Å². The predicted octanol–water partition coefficient (Wildman–Crippen LogP) is 3.63. The maximum atomic E-state index is 12.1. The van der Waals surface area contributed by atoms with E-state index in [9.17, 15) is 4.79 Å². The van der Waals surface area contributed by atoms with Crippen molar-refractivity contribution in [1.29, 1.82) is 0 Å². The molecule has 1 amide bonds. The fraction of sp³-hybridized carbons (Fsp3) is 0.824. The summed E-state index contributed by atoms with van der Waals surface area (Å²) < 4.78 is 0. The molecule has 3 aliphatic carbocycles. The van der Waals surface area contributed by atoms with Crippen molar-refractivity contribution in [3.8, 4) is 0 Å². The Hall–Kier alpha value is -0.790. The molecular weight excluding hydrogens is 234 g/mol. The van der Waals surface area contributed by atoms with E-state index in [2.05, 4.69) is 24.8 Å². The molecule has 2 nitrogen and oxygen atoms in total. The first-order valence-corrected chi connectivity index (χ1v) is 8.13. The molecule has 3 unspecified atom stereocenters. The second-order valence-electron chi connectivity index (χ2n) is 6.90. The van der Waals surface area contributed by atoms with Gasteiger partial charge in [-0.1, -0.05) is 11.6 Å². The average Bonchev–Trinajstić information content (AvgIpc) is 3.29. The fourth-order valence-corrected chi connectivity index (χ4v) is 3.68. The number of allylic oxidation sites excluding steroid dienone is 2. The highest BCUT2D eigenvalue weighted by atomic mass is 16.2. The van der Waals surface area contributed by atoms with Crippen LogP contribution in [0.25, 0.3) is 0 Å². The van der Waals surface area contributed by atoms with Gasteiger partial charge < -0.3 is 4.90 Å². The summed E-state index contributed by atoms with van der Waals surface area (Å²) in [6, 6.07) is 0. The monoisotopic (exact) mass is 261 g/mol. The summed E-state index contributed by atoms with van der Waals surface area (Å²) in [5.41, 5.74) is 1.58. The largest absolute Gasteiger partial charge is 0.342 e. The number of hydrogen-bond donors (Lipinski definition) is 0. The van der Waals surface area contributed by atoms with E-state index in [1.165, 1.54) is 25.7 Å². The van der Waals surface area contributed by atoms with Gasteiger partial charge in [-0.2, -0.15) is 0 Å². The van der Waals surface area contributed by atoms with Gasteiger partial charge in [0.15, 0.2) is 0 Å². The first-order chi connectivity index (χ1) is 9.19. The molecule has 3 aliphatic rings. The van der Waals surface area contributed by atoms with Crippen molar-refractivity contribution in [1.82, 2.24) is 4.90 Å². The highest BCUT2D eigenvalue weighted by Gasteiger charge is 2.44. The highest BCUT2D eigenvalue weighted by Crippen LogP contribution is 2.49. The molecule has 3 rings (SSSR count). The molecule has 0 aromatic heterocycles. The third-order valence-corrected chi connectivity index (χ3v) is 5.34. The van der Waals surface area contributed by atoms with E-state index in [0.29, 0.717) is 11.8 Å². The minimum Gasteiger partial charge on any atom is -0.342 e. The Morgan fingerprint density at radius 2 is 2.16 bits per heavy atom. The van der Waals surface area contributed by atoms with Crippen LogP contribution in [0.15, 0.2) is 11.6 Å². The standard InChI is InChI=1S/C17H27NO/c1-3-18(17(19)14-8-9-14)11-15-10-16(15)13-6-4-12(2)5-7-13/h4,13-16H,3,5-11H2,1-2H3. The molecule has 0 aromatic rings. The minimum absolute atomic E-state index is 0.386. The molecule has 0 aliphatic heterocycles.